The number of nitrogens with one attached hydrogen (secondary N) is 1. The SMILES string of the molecule is NNC1C=C(F)C=C(Br)C1F. The van der Waals surface area contributed by atoms with Crippen LogP contribution in [0.3, 0.4) is 0 Å². The third kappa shape index (κ3) is 1.85. The van der Waals surface area contributed by atoms with E-state index >= 15 is 0 Å². The number of rotatable bonds is 1. The van der Waals surface area contributed by atoms with Crippen molar-refractivity contribution in [2.24, 2.45) is 5.84 Å². The molecule has 0 fully saturated rings. The van der Waals surface area contributed by atoms with Gasteiger partial charge in [-0.3, -0.25) is 11.3 Å². The van der Waals surface area contributed by atoms with Gasteiger partial charge in [-0.25, -0.2) is 8.78 Å². The van der Waals surface area contributed by atoms with Gasteiger partial charge < -0.3 is 0 Å². The van der Waals surface area contributed by atoms with Crippen LogP contribution in [-0.2, 0) is 0 Å². The molecule has 0 aliphatic heterocycles. The molecule has 0 saturated heterocycles. The molecular formula is C6H7BrF2N2. The molecule has 11 heavy (non-hydrogen) atoms. The lowest BCUT2D eigenvalue weighted by atomic mass is 10.1. The van der Waals surface area contributed by atoms with Crippen molar-refractivity contribution in [2.75, 3.05) is 0 Å². The van der Waals surface area contributed by atoms with Gasteiger partial charge in [0.1, 0.15) is 5.83 Å². The molecular weight excluding hydrogens is 218 g/mol. The summed E-state index contributed by atoms with van der Waals surface area (Å²) < 4.78 is 25.7. The Morgan fingerprint density at radius 3 is 2.82 bits per heavy atom. The number of hydrogen-bond acceptors (Lipinski definition) is 2. The van der Waals surface area contributed by atoms with Crippen molar-refractivity contribution in [3.05, 3.63) is 22.5 Å². The maximum Gasteiger partial charge on any atom is 0.152 e. The quantitative estimate of drug-likeness (QED) is 0.521. The molecule has 0 saturated carbocycles. The molecule has 1 aliphatic rings. The molecule has 0 bridgehead atoms. The van der Waals surface area contributed by atoms with Gasteiger partial charge in [0.25, 0.3) is 0 Å². The van der Waals surface area contributed by atoms with E-state index in [-0.39, 0.29) is 4.48 Å². The minimum atomic E-state index is -1.31. The summed E-state index contributed by atoms with van der Waals surface area (Å²) in [6, 6.07) is -0.783. The lowest BCUT2D eigenvalue weighted by molar-refractivity contribution is 0.325. The monoisotopic (exact) mass is 224 g/mol. The van der Waals surface area contributed by atoms with E-state index in [1.165, 1.54) is 0 Å². The third-order valence-corrected chi connectivity index (χ3v) is 2.05. The normalized spacial score (nSPS) is 31.3. The molecule has 0 aromatic carbocycles. The zero-order chi connectivity index (χ0) is 8.43. The van der Waals surface area contributed by atoms with E-state index in [2.05, 4.69) is 21.4 Å². The molecule has 1 rings (SSSR count). The third-order valence-electron chi connectivity index (χ3n) is 1.39. The van der Waals surface area contributed by atoms with Gasteiger partial charge in [0.15, 0.2) is 6.17 Å². The zero-order valence-corrected chi connectivity index (χ0v) is 7.11. The van der Waals surface area contributed by atoms with Crippen LogP contribution in [0, 0.1) is 0 Å². The van der Waals surface area contributed by atoms with Crippen LogP contribution in [0.2, 0.25) is 0 Å². The van der Waals surface area contributed by atoms with Gasteiger partial charge in [-0.2, -0.15) is 0 Å². The molecule has 0 aromatic rings. The van der Waals surface area contributed by atoms with E-state index in [4.69, 9.17) is 5.84 Å². The van der Waals surface area contributed by atoms with Crippen molar-refractivity contribution >= 4 is 15.9 Å². The molecule has 2 nitrogen and oxygen atoms in total. The molecule has 3 N–H and O–H groups in total. The first-order valence-corrected chi connectivity index (χ1v) is 3.79. The first kappa shape index (κ1) is 8.83. The number of hydrazine groups is 1. The highest BCUT2D eigenvalue weighted by atomic mass is 79.9. The van der Waals surface area contributed by atoms with Gasteiger partial charge in [-0.05, 0) is 12.2 Å². The van der Waals surface area contributed by atoms with Crippen molar-refractivity contribution in [2.45, 2.75) is 12.2 Å². The van der Waals surface area contributed by atoms with Gasteiger partial charge in [-0.1, -0.05) is 15.9 Å². The lowest BCUT2D eigenvalue weighted by Crippen LogP contribution is -2.42. The summed E-state index contributed by atoms with van der Waals surface area (Å²) in [5, 5.41) is 0. The number of nitrogens with two attached hydrogens (primary N) is 1. The van der Waals surface area contributed by atoms with Crippen LogP contribution < -0.4 is 11.3 Å². The maximum atomic E-state index is 12.9. The summed E-state index contributed by atoms with van der Waals surface area (Å²) in [4.78, 5) is 0. The van der Waals surface area contributed by atoms with Crippen molar-refractivity contribution in [3.63, 3.8) is 0 Å². The summed E-state index contributed by atoms with van der Waals surface area (Å²) >= 11 is 2.88. The second kappa shape index (κ2) is 3.42. The van der Waals surface area contributed by atoms with Crippen LogP contribution in [0.25, 0.3) is 0 Å². The van der Waals surface area contributed by atoms with Crippen molar-refractivity contribution in [1.82, 2.24) is 5.43 Å². The van der Waals surface area contributed by atoms with Gasteiger partial charge in [0.05, 0.1) is 6.04 Å². The number of halogens is 3. The first-order chi connectivity index (χ1) is 5.15. The van der Waals surface area contributed by atoms with Crippen molar-refractivity contribution < 1.29 is 8.78 Å². The van der Waals surface area contributed by atoms with E-state index < -0.39 is 18.0 Å². The average Bonchev–Trinajstić information content (AvgIpc) is 1.96. The van der Waals surface area contributed by atoms with E-state index in [9.17, 15) is 8.78 Å². The van der Waals surface area contributed by atoms with Gasteiger partial charge in [0.2, 0.25) is 0 Å². The highest BCUT2D eigenvalue weighted by Crippen LogP contribution is 2.25. The fourth-order valence-electron chi connectivity index (χ4n) is 0.820. The topological polar surface area (TPSA) is 38.0 Å². The van der Waals surface area contributed by atoms with Gasteiger partial charge in [-0.15, -0.1) is 0 Å². The molecule has 62 valence electrons. The molecule has 0 aromatic heterocycles. The Morgan fingerprint density at radius 1 is 1.64 bits per heavy atom. The average molecular weight is 225 g/mol. The van der Waals surface area contributed by atoms with E-state index in [1.54, 1.807) is 0 Å². The molecule has 2 atom stereocenters. The van der Waals surface area contributed by atoms with Gasteiger partial charge >= 0.3 is 0 Å². The summed E-state index contributed by atoms with van der Waals surface area (Å²) in [5.41, 5.74) is 2.15. The van der Waals surface area contributed by atoms with Crippen LogP contribution in [0.1, 0.15) is 0 Å². The van der Waals surface area contributed by atoms with Crippen LogP contribution in [0.4, 0.5) is 8.78 Å². The number of alkyl halides is 1. The second-order valence-electron chi connectivity index (χ2n) is 2.17. The van der Waals surface area contributed by atoms with Crippen molar-refractivity contribution in [3.8, 4) is 0 Å². The van der Waals surface area contributed by atoms with Crippen LogP contribution >= 0.6 is 15.9 Å². The molecule has 0 heterocycles. The lowest BCUT2D eigenvalue weighted by Gasteiger charge is -2.19. The van der Waals surface area contributed by atoms with Gasteiger partial charge in [0, 0.05) is 4.48 Å². The largest absolute Gasteiger partial charge is 0.271 e. The fraction of sp³-hybridized carbons (Fsp3) is 0.333. The van der Waals surface area contributed by atoms with Crippen LogP contribution in [-0.4, -0.2) is 12.2 Å². The van der Waals surface area contributed by atoms with E-state index in [0.29, 0.717) is 0 Å². The molecule has 0 radical (unpaired) electrons. The number of allylic oxidation sites excluding steroid dienone is 2. The van der Waals surface area contributed by atoms with Crippen molar-refractivity contribution in [1.29, 1.82) is 0 Å². The minimum Gasteiger partial charge on any atom is -0.271 e. The Bertz CT molecular complexity index is 215. The zero-order valence-electron chi connectivity index (χ0n) is 5.52. The van der Waals surface area contributed by atoms with Crippen LogP contribution in [0.5, 0.6) is 0 Å². The maximum absolute atomic E-state index is 12.9. The van der Waals surface area contributed by atoms with E-state index in [0.717, 1.165) is 12.2 Å². The second-order valence-corrected chi connectivity index (χ2v) is 3.09. The summed E-state index contributed by atoms with van der Waals surface area (Å²) in [5.74, 6) is 4.48. The predicted octanol–water partition coefficient (Wildman–Crippen LogP) is 1.30. The van der Waals surface area contributed by atoms with E-state index in [1.807, 2.05) is 0 Å². The Morgan fingerprint density at radius 2 is 2.27 bits per heavy atom. The predicted molar refractivity (Wildman–Crippen MR) is 42.2 cm³/mol. The highest BCUT2D eigenvalue weighted by molar-refractivity contribution is 9.11. The molecule has 2 unspecified atom stereocenters. The minimum absolute atomic E-state index is 0.167. The first-order valence-electron chi connectivity index (χ1n) is 2.99. The Balaban J connectivity index is 2.81. The standard InChI is InChI=1S/C6H7BrF2N2/c7-4-1-3(8)2-5(11-10)6(4)9/h1-2,5-6,11H,10H2. The Labute approximate surface area is 71.2 Å². The fourth-order valence-corrected chi connectivity index (χ4v) is 1.32. The number of hydrogen-bond donors (Lipinski definition) is 2. The Kier molecular flexibility index (Phi) is 2.75. The van der Waals surface area contributed by atoms with Crippen LogP contribution in [0.15, 0.2) is 22.5 Å². The molecule has 5 heteroatoms. The smallest absolute Gasteiger partial charge is 0.152 e. The Hall–Kier alpha value is -0.260. The highest BCUT2D eigenvalue weighted by Gasteiger charge is 2.24. The molecule has 0 amide bonds. The molecule has 1 aliphatic carbocycles. The molecule has 0 spiro atoms. The summed E-state index contributed by atoms with van der Waals surface area (Å²) in [6.45, 7) is 0. The summed E-state index contributed by atoms with van der Waals surface area (Å²) in [6.07, 6.45) is 0.869. The summed E-state index contributed by atoms with van der Waals surface area (Å²) in [7, 11) is 0.